The third-order valence-corrected chi connectivity index (χ3v) is 4.44. The smallest absolute Gasteiger partial charge is 0.276 e. The van der Waals surface area contributed by atoms with Crippen LogP contribution in [-0.4, -0.2) is 18.4 Å². The summed E-state index contributed by atoms with van der Waals surface area (Å²) in [6.07, 6.45) is 6.37. The van der Waals surface area contributed by atoms with Crippen molar-refractivity contribution in [1.29, 1.82) is 0 Å². The van der Waals surface area contributed by atoms with Crippen molar-refractivity contribution in [2.24, 2.45) is 5.92 Å². The Morgan fingerprint density at radius 2 is 1.78 bits per heavy atom. The molecule has 1 aromatic carbocycles. The SMILES string of the molecule is Cc1ccc(OCC(=O)NNC(=O)CCC2CCCC2)cc1C. The minimum Gasteiger partial charge on any atom is -0.484 e. The first-order valence-corrected chi connectivity index (χ1v) is 8.32. The number of carbonyl (C=O) groups excluding carboxylic acids is 2. The number of rotatable bonds is 6. The lowest BCUT2D eigenvalue weighted by Gasteiger charge is -2.11. The summed E-state index contributed by atoms with van der Waals surface area (Å²) in [7, 11) is 0. The summed E-state index contributed by atoms with van der Waals surface area (Å²) >= 11 is 0. The van der Waals surface area contributed by atoms with E-state index in [9.17, 15) is 9.59 Å². The predicted molar refractivity (Wildman–Crippen MR) is 88.9 cm³/mol. The largest absolute Gasteiger partial charge is 0.484 e. The summed E-state index contributed by atoms with van der Waals surface area (Å²) < 4.78 is 5.41. The van der Waals surface area contributed by atoms with Crippen LogP contribution in [0.4, 0.5) is 0 Å². The average Bonchev–Trinajstić information content (AvgIpc) is 3.05. The van der Waals surface area contributed by atoms with E-state index >= 15 is 0 Å². The topological polar surface area (TPSA) is 67.4 Å². The molecule has 0 saturated heterocycles. The predicted octanol–water partition coefficient (Wildman–Crippen LogP) is 2.80. The van der Waals surface area contributed by atoms with Crippen LogP contribution in [0.1, 0.15) is 49.7 Å². The van der Waals surface area contributed by atoms with Gasteiger partial charge in [-0.3, -0.25) is 20.4 Å². The molecular weight excluding hydrogens is 292 g/mol. The Labute approximate surface area is 137 Å². The van der Waals surface area contributed by atoms with Gasteiger partial charge in [0.2, 0.25) is 5.91 Å². The van der Waals surface area contributed by atoms with Gasteiger partial charge < -0.3 is 4.74 Å². The van der Waals surface area contributed by atoms with Gasteiger partial charge >= 0.3 is 0 Å². The van der Waals surface area contributed by atoms with Gasteiger partial charge in [-0.15, -0.1) is 0 Å². The van der Waals surface area contributed by atoms with Crippen LogP contribution in [0.25, 0.3) is 0 Å². The van der Waals surface area contributed by atoms with Crippen LogP contribution in [0.3, 0.4) is 0 Å². The normalized spacial score (nSPS) is 14.5. The molecule has 2 N–H and O–H groups in total. The van der Waals surface area contributed by atoms with Gasteiger partial charge in [0.25, 0.3) is 5.91 Å². The molecule has 0 aliphatic heterocycles. The van der Waals surface area contributed by atoms with Gasteiger partial charge in [-0.1, -0.05) is 31.7 Å². The number of carbonyl (C=O) groups is 2. The van der Waals surface area contributed by atoms with Crippen molar-refractivity contribution in [2.75, 3.05) is 6.61 Å². The molecule has 0 radical (unpaired) electrons. The van der Waals surface area contributed by atoms with E-state index in [2.05, 4.69) is 10.9 Å². The number of amides is 2. The van der Waals surface area contributed by atoms with E-state index in [1.165, 1.54) is 31.2 Å². The molecule has 0 atom stereocenters. The van der Waals surface area contributed by atoms with Crippen LogP contribution in [-0.2, 0) is 9.59 Å². The first kappa shape index (κ1) is 17.3. The Morgan fingerprint density at radius 3 is 2.48 bits per heavy atom. The maximum absolute atomic E-state index is 11.7. The maximum Gasteiger partial charge on any atom is 0.276 e. The van der Waals surface area contributed by atoms with Crippen molar-refractivity contribution < 1.29 is 14.3 Å². The van der Waals surface area contributed by atoms with E-state index in [1.54, 1.807) is 0 Å². The van der Waals surface area contributed by atoms with Crippen LogP contribution in [0, 0.1) is 19.8 Å². The molecule has 2 amide bonds. The quantitative estimate of drug-likeness (QED) is 0.793. The van der Waals surface area contributed by atoms with Crippen LogP contribution < -0.4 is 15.6 Å². The summed E-state index contributed by atoms with van der Waals surface area (Å²) in [6, 6.07) is 5.67. The number of benzene rings is 1. The first-order chi connectivity index (χ1) is 11.0. The molecule has 126 valence electrons. The summed E-state index contributed by atoms with van der Waals surface area (Å²) in [5, 5.41) is 0. The average molecular weight is 318 g/mol. The van der Waals surface area contributed by atoms with E-state index in [4.69, 9.17) is 4.74 Å². The molecule has 23 heavy (non-hydrogen) atoms. The number of hydrogen-bond acceptors (Lipinski definition) is 3. The van der Waals surface area contributed by atoms with E-state index in [0.29, 0.717) is 18.1 Å². The summed E-state index contributed by atoms with van der Waals surface area (Å²) in [5.41, 5.74) is 7.13. The fraction of sp³-hybridized carbons (Fsp3) is 0.556. The van der Waals surface area contributed by atoms with Crippen LogP contribution in [0.15, 0.2) is 18.2 Å². The van der Waals surface area contributed by atoms with Crippen molar-refractivity contribution >= 4 is 11.8 Å². The van der Waals surface area contributed by atoms with Crippen molar-refractivity contribution in [1.82, 2.24) is 10.9 Å². The van der Waals surface area contributed by atoms with E-state index < -0.39 is 0 Å². The molecule has 0 aromatic heterocycles. The Morgan fingerprint density at radius 1 is 1.09 bits per heavy atom. The van der Waals surface area contributed by atoms with Crippen LogP contribution in [0.2, 0.25) is 0 Å². The summed E-state index contributed by atoms with van der Waals surface area (Å²) in [5.74, 6) is 0.814. The van der Waals surface area contributed by atoms with Gasteiger partial charge in [0, 0.05) is 6.42 Å². The van der Waals surface area contributed by atoms with Gasteiger partial charge in [-0.2, -0.15) is 0 Å². The van der Waals surface area contributed by atoms with Gasteiger partial charge in [0.1, 0.15) is 5.75 Å². The lowest BCUT2D eigenvalue weighted by molar-refractivity contribution is -0.130. The zero-order chi connectivity index (χ0) is 16.7. The highest BCUT2D eigenvalue weighted by atomic mass is 16.5. The third kappa shape index (κ3) is 5.93. The molecule has 1 aromatic rings. The molecule has 5 nitrogen and oxygen atoms in total. The van der Waals surface area contributed by atoms with Crippen molar-refractivity contribution in [3.63, 3.8) is 0 Å². The molecule has 5 heteroatoms. The highest BCUT2D eigenvalue weighted by molar-refractivity contribution is 5.82. The van der Waals surface area contributed by atoms with Crippen LogP contribution >= 0.6 is 0 Å². The number of hydrogen-bond donors (Lipinski definition) is 2. The number of aryl methyl sites for hydroxylation is 2. The molecule has 0 spiro atoms. The molecule has 0 unspecified atom stereocenters. The van der Waals surface area contributed by atoms with Gasteiger partial charge in [-0.25, -0.2) is 0 Å². The second-order valence-electron chi connectivity index (χ2n) is 6.32. The Hall–Kier alpha value is -2.04. The molecule has 1 fully saturated rings. The third-order valence-electron chi connectivity index (χ3n) is 4.44. The van der Waals surface area contributed by atoms with Crippen molar-refractivity contribution in [3.8, 4) is 5.75 Å². The summed E-state index contributed by atoms with van der Waals surface area (Å²) in [6.45, 7) is 3.89. The molecule has 1 aliphatic carbocycles. The Balaban J connectivity index is 1.62. The van der Waals surface area contributed by atoms with Crippen LogP contribution in [0.5, 0.6) is 5.75 Å². The molecule has 1 aliphatic rings. The van der Waals surface area contributed by atoms with Gasteiger partial charge in [0.05, 0.1) is 0 Å². The van der Waals surface area contributed by atoms with Gasteiger partial charge in [0.15, 0.2) is 6.61 Å². The zero-order valence-electron chi connectivity index (χ0n) is 14.0. The minimum atomic E-state index is -0.363. The molecule has 2 rings (SSSR count). The van der Waals surface area contributed by atoms with Crippen molar-refractivity contribution in [2.45, 2.75) is 52.4 Å². The monoisotopic (exact) mass is 318 g/mol. The Kier molecular flexibility index (Phi) is 6.44. The standard InChI is InChI=1S/C18H26N2O3/c1-13-7-9-16(11-14(13)2)23-12-18(22)20-19-17(21)10-8-15-5-3-4-6-15/h7,9,11,15H,3-6,8,10,12H2,1-2H3,(H,19,21)(H,20,22). The highest BCUT2D eigenvalue weighted by Crippen LogP contribution is 2.28. The second kappa shape index (κ2) is 8.56. The van der Waals surface area contributed by atoms with E-state index in [1.807, 2.05) is 32.0 Å². The first-order valence-electron chi connectivity index (χ1n) is 8.32. The minimum absolute atomic E-state index is 0.120. The highest BCUT2D eigenvalue weighted by Gasteiger charge is 2.16. The Bertz CT molecular complexity index is 551. The number of ether oxygens (including phenoxy) is 1. The molecule has 0 bridgehead atoms. The fourth-order valence-corrected chi connectivity index (χ4v) is 2.82. The van der Waals surface area contributed by atoms with E-state index in [-0.39, 0.29) is 18.4 Å². The molecule has 0 heterocycles. The molecular formula is C18H26N2O3. The second-order valence-corrected chi connectivity index (χ2v) is 6.32. The number of nitrogens with one attached hydrogen (secondary N) is 2. The molecule has 1 saturated carbocycles. The zero-order valence-corrected chi connectivity index (χ0v) is 14.0. The number of hydrazine groups is 1. The summed E-state index contributed by atoms with van der Waals surface area (Å²) in [4.78, 5) is 23.4. The lowest BCUT2D eigenvalue weighted by Crippen LogP contribution is -2.43. The fourth-order valence-electron chi connectivity index (χ4n) is 2.82. The lowest BCUT2D eigenvalue weighted by atomic mass is 10.0. The van der Waals surface area contributed by atoms with Crippen molar-refractivity contribution in [3.05, 3.63) is 29.3 Å². The maximum atomic E-state index is 11.7. The van der Waals surface area contributed by atoms with Gasteiger partial charge in [-0.05, 0) is 49.4 Å². The van der Waals surface area contributed by atoms with E-state index in [0.717, 1.165) is 12.0 Å².